The molecule has 112 valence electrons. The van der Waals surface area contributed by atoms with Crippen LogP contribution in [0, 0.1) is 0 Å². The lowest BCUT2D eigenvalue weighted by molar-refractivity contribution is 0.365. The maximum Gasteiger partial charge on any atom is 0.139 e. The molecule has 0 atom stereocenters. The molecule has 3 aromatic rings. The quantitative estimate of drug-likeness (QED) is 0.681. The Morgan fingerprint density at radius 3 is 2.73 bits per heavy atom. The van der Waals surface area contributed by atoms with Crippen LogP contribution >= 0.6 is 11.6 Å². The van der Waals surface area contributed by atoms with Gasteiger partial charge in [0.15, 0.2) is 0 Å². The van der Waals surface area contributed by atoms with Gasteiger partial charge in [0.1, 0.15) is 23.6 Å². The molecule has 1 saturated heterocycles. The van der Waals surface area contributed by atoms with Gasteiger partial charge in [-0.15, -0.1) is 0 Å². The minimum Gasteiger partial charge on any atom is -0.356 e. The number of halogens is 1. The van der Waals surface area contributed by atoms with Crippen LogP contribution < -0.4 is 4.90 Å². The highest BCUT2D eigenvalue weighted by molar-refractivity contribution is 6.34. The third kappa shape index (κ3) is 2.41. The summed E-state index contributed by atoms with van der Waals surface area (Å²) in [4.78, 5) is 10.9. The molecule has 0 aliphatic carbocycles. The molecule has 0 bridgehead atoms. The van der Waals surface area contributed by atoms with Crippen LogP contribution in [0.5, 0.6) is 0 Å². The van der Waals surface area contributed by atoms with Gasteiger partial charge in [0.25, 0.3) is 0 Å². The molecular weight excluding hydrogens is 298 g/mol. The summed E-state index contributed by atoms with van der Waals surface area (Å²) >= 11 is 6.33. The summed E-state index contributed by atoms with van der Waals surface area (Å²) in [5.74, 6) is 0.959. The number of fused-ring (bicyclic) bond motifs is 1. The van der Waals surface area contributed by atoms with E-state index in [1.807, 2.05) is 22.9 Å². The summed E-state index contributed by atoms with van der Waals surface area (Å²) in [7, 11) is 0. The smallest absolute Gasteiger partial charge is 0.139 e. The van der Waals surface area contributed by atoms with Gasteiger partial charge in [0.05, 0.1) is 6.04 Å². The molecule has 2 aromatic heterocycles. The molecular formula is C16H16ClN5. The molecule has 6 heteroatoms. The van der Waals surface area contributed by atoms with Gasteiger partial charge in [-0.05, 0) is 24.3 Å². The Morgan fingerprint density at radius 2 is 1.95 bits per heavy atom. The third-order valence-corrected chi connectivity index (χ3v) is 4.57. The van der Waals surface area contributed by atoms with E-state index >= 15 is 0 Å². The molecule has 0 N–H and O–H groups in total. The van der Waals surface area contributed by atoms with Gasteiger partial charge in [0.2, 0.25) is 0 Å². The summed E-state index contributed by atoms with van der Waals surface area (Å²) in [5.41, 5.74) is 0. The minimum atomic E-state index is 0.426. The molecule has 22 heavy (non-hydrogen) atoms. The minimum absolute atomic E-state index is 0.426. The Labute approximate surface area is 133 Å². The molecule has 0 spiro atoms. The highest BCUT2D eigenvalue weighted by atomic mass is 35.5. The first-order valence-corrected chi connectivity index (χ1v) is 7.83. The zero-order valence-corrected chi connectivity index (χ0v) is 12.8. The summed E-state index contributed by atoms with van der Waals surface area (Å²) in [6, 6.07) is 10.6. The Morgan fingerprint density at radius 1 is 1.14 bits per heavy atom. The summed E-state index contributed by atoms with van der Waals surface area (Å²) in [6.07, 6.45) is 5.47. The zero-order valence-electron chi connectivity index (χ0n) is 12.1. The lowest BCUT2D eigenvalue weighted by Crippen LogP contribution is -2.35. The van der Waals surface area contributed by atoms with Crippen molar-refractivity contribution >= 4 is 28.2 Å². The summed E-state index contributed by atoms with van der Waals surface area (Å²) < 4.78 is 1.96. The first kappa shape index (κ1) is 13.5. The lowest BCUT2D eigenvalue weighted by atomic mass is 10.1. The van der Waals surface area contributed by atoms with Crippen LogP contribution in [0.2, 0.25) is 5.15 Å². The normalized spacial score (nSPS) is 16.3. The summed E-state index contributed by atoms with van der Waals surface area (Å²) in [6.45, 7) is 1.90. The van der Waals surface area contributed by atoms with E-state index in [4.69, 9.17) is 11.6 Å². The van der Waals surface area contributed by atoms with Crippen molar-refractivity contribution in [3.8, 4) is 0 Å². The van der Waals surface area contributed by atoms with E-state index in [1.165, 1.54) is 0 Å². The third-order valence-electron chi connectivity index (χ3n) is 4.28. The molecule has 0 amide bonds. The van der Waals surface area contributed by atoms with E-state index in [2.05, 4.69) is 32.1 Å². The fraction of sp³-hybridized carbons (Fsp3) is 0.312. The number of nitrogens with zero attached hydrogens (tertiary/aromatic N) is 5. The van der Waals surface area contributed by atoms with Crippen molar-refractivity contribution in [2.75, 3.05) is 18.0 Å². The van der Waals surface area contributed by atoms with Gasteiger partial charge < -0.3 is 4.90 Å². The van der Waals surface area contributed by atoms with Crippen molar-refractivity contribution in [2.45, 2.75) is 18.9 Å². The van der Waals surface area contributed by atoms with Crippen molar-refractivity contribution < 1.29 is 0 Å². The van der Waals surface area contributed by atoms with E-state index in [9.17, 15) is 0 Å². The van der Waals surface area contributed by atoms with Crippen molar-refractivity contribution in [3.63, 3.8) is 0 Å². The van der Waals surface area contributed by atoms with E-state index in [-0.39, 0.29) is 0 Å². The Bertz CT molecular complexity index is 778. The number of rotatable bonds is 2. The average Bonchev–Trinajstić information content (AvgIpc) is 3.09. The van der Waals surface area contributed by atoms with Crippen molar-refractivity contribution in [1.82, 2.24) is 19.7 Å². The molecule has 5 nitrogen and oxygen atoms in total. The van der Waals surface area contributed by atoms with Crippen LogP contribution in [0.4, 0.5) is 5.82 Å². The van der Waals surface area contributed by atoms with Gasteiger partial charge >= 0.3 is 0 Å². The molecule has 0 unspecified atom stereocenters. The molecule has 1 aliphatic rings. The molecule has 0 radical (unpaired) electrons. The molecule has 0 saturated carbocycles. The number of aromatic nitrogens is 4. The average molecular weight is 314 g/mol. The van der Waals surface area contributed by atoms with Crippen molar-refractivity contribution in [1.29, 1.82) is 0 Å². The largest absolute Gasteiger partial charge is 0.356 e. The Hall–Kier alpha value is -2.14. The van der Waals surface area contributed by atoms with Gasteiger partial charge in [-0.2, -0.15) is 5.10 Å². The van der Waals surface area contributed by atoms with Gasteiger partial charge in [-0.25, -0.2) is 14.6 Å². The second-order valence-electron chi connectivity index (χ2n) is 5.59. The van der Waals surface area contributed by atoms with E-state index in [0.717, 1.165) is 42.5 Å². The predicted octanol–water partition coefficient (Wildman–Crippen LogP) is 3.32. The maximum atomic E-state index is 6.33. The van der Waals surface area contributed by atoms with Crippen molar-refractivity contribution in [2.24, 2.45) is 0 Å². The fourth-order valence-corrected chi connectivity index (χ4v) is 3.33. The number of benzene rings is 1. The lowest BCUT2D eigenvalue weighted by Gasteiger charge is -2.32. The molecule has 3 heterocycles. The van der Waals surface area contributed by atoms with Crippen LogP contribution in [-0.2, 0) is 0 Å². The topological polar surface area (TPSA) is 46.8 Å². The van der Waals surface area contributed by atoms with Crippen LogP contribution in [0.25, 0.3) is 10.8 Å². The summed E-state index contributed by atoms with van der Waals surface area (Å²) in [5, 5.41) is 6.96. The second-order valence-corrected chi connectivity index (χ2v) is 5.94. The second kappa shape index (κ2) is 5.57. The van der Waals surface area contributed by atoms with Gasteiger partial charge in [-0.1, -0.05) is 35.9 Å². The van der Waals surface area contributed by atoms with Crippen LogP contribution in [0.3, 0.4) is 0 Å². The number of pyridine rings is 1. The van der Waals surface area contributed by atoms with E-state index in [0.29, 0.717) is 11.2 Å². The number of hydrogen-bond donors (Lipinski definition) is 0. The highest BCUT2D eigenvalue weighted by Gasteiger charge is 2.22. The van der Waals surface area contributed by atoms with Gasteiger partial charge in [0, 0.05) is 18.5 Å². The molecule has 1 fully saturated rings. The van der Waals surface area contributed by atoms with Gasteiger partial charge in [-0.3, -0.25) is 0 Å². The molecule has 1 aliphatic heterocycles. The Balaban J connectivity index is 1.56. The predicted molar refractivity (Wildman–Crippen MR) is 87.3 cm³/mol. The van der Waals surface area contributed by atoms with E-state index in [1.54, 1.807) is 12.7 Å². The SMILES string of the molecule is Clc1nc(N2CCC(n3cncn3)CC2)cc2ccccc12. The number of hydrogen-bond acceptors (Lipinski definition) is 4. The standard InChI is InChI=1S/C16H16ClN5/c17-16-14-4-2-1-3-12(14)9-15(20-16)21-7-5-13(6-8-21)22-11-18-10-19-22/h1-4,9-11,13H,5-8H2. The van der Waals surface area contributed by atoms with Crippen LogP contribution in [0.1, 0.15) is 18.9 Å². The monoisotopic (exact) mass is 313 g/mol. The maximum absolute atomic E-state index is 6.33. The number of anilines is 1. The van der Waals surface area contributed by atoms with E-state index < -0.39 is 0 Å². The molecule has 1 aromatic carbocycles. The van der Waals surface area contributed by atoms with Crippen molar-refractivity contribution in [3.05, 3.63) is 48.1 Å². The van der Waals surface area contributed by atoms with Crippen LogP contribution in [-0.4, -0.2) is 32.8 Å². The number of piperidine rings is 1. The first-order valence-electron chi connectivity index (χ1n) is 7.45. The zero-order chi connectivity index (χ0) is 14.9. The Kier molecular flexibility index (Phi) is 3.42. The molecule has 4 rings (SSSR count). The van der Waals surface area contributed by atoms with Crippen LogP contribution in [0.15, 0.2) is 43.0 Å². The fourth-order valence-electron chi connectivity index (χ4n) is 3.07. The highest BCUT2D eigenvalue weighted by Crippen LogP contribution is 2.29. The first-order chi connectivity index (χ1) is 10.8.